The third-order valence-electron chi connectivity index (χ3n) is 3.73. The highest BCUT2D eigenvalue weighted by molar-refractivity contribution is 4.91. The predicted octanol–water partition coefficient (Wildman–Crippen LogP) is 1.93. The van der Waals surface area contributed by atoms with Gasteiger partial charge in [0.05, 0.1) is 17.8 Å². The van der Waals surface area contributed by atoms with Crippen molar-refractivity contribution in [2.45, 2.75) is 64.8 Å². The van der Waals surface area contributed by atoms with Crippen LogP contribution in [-0.2, 0) is 4.74 Å². The lowest BCUT2D eigenvalue weighted by Gasteiger charge is -2.44. The summed E-state index contributed by atoms with van der Waals surface area (Å²) in [4.78, 5) is 0. The van der Waals surface area contributed by atoms with Crippen molar-refractivity contribution in [1.29, 1.82) is 0 Å². The van der Waals surface area contributed by atoms with E-state index in [0.29, 0.717) is 18.4 Å². The summed E-state index contributed by atoms with van der Waals surface area (Å²) < 4.78 is 6.06. The second-order valence-corrected chi connectivity index (χ2v) is 5.81. The van der Waals surface area contributed by atoms with Crippen molar-refractivity contribution in [3.63, 3.8) is 0 Å². The van der Waals surface area contributed by atoms with Gasteiger partial charge in [-0.3, -0.25) is 0 Å². The standard InChI is InChI=1S/C13H27NO2/c1-9-5-10(2)7-13(6-9,8-14)16-12(4)11(3)15/h9-12,15H,5-8,14H2,1-4H3. The van der Waals surface area contributed by atoms with E-state index in [4.69, 9.17) is 10.5 Å². The molecule has 16 heavy (non-hydrogen) atoms. The van der Waals surface area contributed by atoms with Crippen molar-refractivity contribution in [2.24, 2.45) is 17.6 Å². The third-order valence-corrected chi connectivity index (χ3v) is 3.73. The monoisotopic (exact) mass is 229 g/mol. The molecular weight excluding hydrogens is 202 g/mol. The average Bonchev–Trinajstić information content (AvgIpc) is 2.15. The molecule has 0 spiro atoms. The normalized spacial score (nSPS) is 39.4. The van der Waals surface area contributed by atoms with E-state index in [1.807, 2.05) is 6.92 Å². The molecule has 0 aromatic rings. The summed E-state index contributed by atoms with van der Waals surface area (Å²) in [6.07, 6.45) is 2.72. The van der Waals surface area contributed by atoms with Gasteiger partial charge in [0.2, 0.25) is 0 Å². The zero-order valence-corrected chi connectivity index (χ0v) is 11.1. The van der Waals surface area contributed by atoms with E-state index in [2.05, 4.69) is 13.8 Å². The minimum absolute atomic E-state index is 0.138. The summed E-state index contributed by atoms with van der Waals surface area (Å²) in [6.45, 7) is 8.77. The molecule has 4 unspecified atom stereocenters. The molecule has 0 amide bonds. The van der Waals surface area contributed by atoms with Gasteiger partial charge in [0, 0.05) is 6.54 Å². The predicted molar refractivity (Wildman–Crippen MR) is 66.2 cm³/mol. The average molecular weight is 229 g/mol. The van der Waals surface area contributed by atoms with E-state index in [-0.39, 0.29) is 11.7 Å². The molecule has 0 saturated heterocycles. The molecule has 3 heteroatoms. The molecule has 0 heterocycles. The lowest BCUT2D eigenvalue weighted by Crippen LogP contribution is -2.49. The minimum atomic E-state index is -0.434. The third kappa shape index (κ3) is 3.44. The van der Waals surface area contributed by atoms with Crippen LogP contribution in [0.4, 0.5) is 0 Å². The molecule has 1 rings (SSSR count). The van der Waals surface area contributed by atoms with E-state index in [9.17, 15) is 5.11 Å². The van der Waals surface area contributed by atoms with E-state index in [1.54, 1.807) is 6.92 Å². The summed E-state index contributed by atoms with van der Waals surface area (Å²) in [5.41, 5.74) is 5.69. The Morgan fingerprint density at radius 2 is 1.81 bits per heavy atom. The highest BCUT2D eigenvalue weighted by Crippen LogP contribution is 2.38. The van der Waals surface area contributed by atoms with Gasteiger partial charge in [0.25, 0.3) is 0 Å². The van der Waals surface area contributed by atoms with Crippen molar-refractivity contribution >= 4 is 0 Å². The molecule has 0 radical (unpaired) electrons. The van der Waals surface area contributed by atoms with Gasteiger partial charge in [0.15, 0.2) is 0 Å². The molecule has 0 bridgehead atoms. The largest absolute Gasteiger partial charge is 0.391 e. The summed E-state index contributed by atoms with van der Waals surface area (Å²) in [5.74, 6) is 1.32. The number of hydrogen-bond donors (Lipinski definition) is 2. The van der Waals surface area contributed by atoms with Crippen molar-refractivity contribution in [3.8, 4) is 0 Å². The number of aliphatic hydroxyl groups excluding tert-OH is 1. The fourth-order valence-corrected chi connectivity index (χ4v) is 3.01. The lowest BCUT2D eigenvalue weighted by molar-refractivity contribution is -0.148. The van der Waals surface area contributed by atoms with Gasteiger partial charge in [-0.2, -0.15) is 0 Å². The Bertz CT molecular complexity index is 208. The van der Waals surface area contributed by atoms with E-state index < -0.39 is 6.10 Å². The van der Waals surface area contributed by atoms with Gasteiger partial charge in [-0.05, 0) is 44.9 Å². The molecule has 0 aromatic carbocycles. The Labute approximate surface area is 99.4 Å². The van der Waals surface area contributed by atoms with Crippen molar-refractivity contribution < 1.29 is 9.84 Å². The zero-order valence-electron chi connectivity index (χ0n) is 11.1. The fraction of sp³-hybridized carbons (Fsp3) is 1.00. The minimum Gasteiger partial charge on any atom is -0.391 e. The Kier molecular flexibility index (Phi) is 4.77. The van der Waals surface area contributed by atoms with Crippen molar-refractivity contribution in [1.82, 2.24) is 0 Å². The number of aliphatic hydroxyl groups is 1. The SMILES string of the molecule is CC1CC(C)CC(CN)(OC(C)C(C)O)C1. The summed E-state index contributed by atoms with van der Waals surface area (Å²) >= 11 is 0. The maximum Gasteiger partial charge on any atom is 0.0814 e. The van der Waals surface area contributed by atoms with Crippen LogP contribution in [0.2, 0.25) is 0 Å². The van der Waals surface area contributed by atoms with Crippen LogP contribution in [0.25, 0.3) is 0 Å². The highest BCUT2D eigenvalue weighted by atomic mass is 16.5. The Balaban J connectivity index is 2.68. The number of hydrogen-bond acceptors (Lipinski definition) is 3. The number of ether oxygens (including phenoxy) is 1. The smallest absolute Gasteiger partial charge is 0.0814 e. The van der Waals surface area contributed by atoms with Gasteiger partial charge < -0.3 is 15.6 Å². The maximum atomic E-state index is 9.53. The Hall–Kier alpha value is -0.120. The zero-order chi connectivity index (χ0) is 12.3. The molecule has 0 aromatic heterocycles. The molecule has 0 aliphatic heterocycles. The van der Waals surface area contributed by atoms with E-state index in [0.717, 1.165) is 12.8 Å². The molecule has 3 nitrogen and oxygen atoms in total. The summed E-state index contributed by atoms with van der Waals surface area (Å²) in [7, 11) is 0. The molecule has 1 saturated carbocycles. The van der Waals surface area contributed by atoms with Gasteiger partial charge in [-0.1, -0.05) is 13.8 Å². The topological polar surface area (TPSA) is 55.5 Å². The van der Waals surface area contributed by atoms with Crippen LogP contribution in [0.3, 0.4) is 0 Å². The van der Waals surface area contributed by atoms with Crippen LogP contribution < -0.4 is 5.73 Å². The second kappa shape index (κ2) is 5.48. The van der Waals surface area contributed by atoms with E-state index >= 15 is 0 Å². The molecule has 1 aliphatic rings. The first-order valence-corrected chi connectivity index (χ1v) is 6.44. The van der Waals surface area contributed by atoms with Crippen LogP contribution in [-0.4, -0.2) is 29.5 Å². The molecule has 4 atom stereocenters. The molecule has 1 fully saturated rings. The van der Waals surface area contributed by atoms with Crippen molar-refractivity contribution in [3.05, 3.63) is 0 Å². The molecule has 1 aliphatic carbocycles. The van der Waals surface area contributed by atoms with Crippen LogP contribution in [0.1, 0.15) is 47.0 Å². The van der Waals surface area contributed by atoms with Crippen LogP contribution in [0, 0.1) is 11.8 Å². The number of nitrogens with two attached hydrogens (primary N) is 1. The second-order valence-electron chi connectivity index (χ2n) is 5.81. The van der Waals surface area contributed by atoms with Gasteiger partial charge in [-0.15, -0.1) is 0 Å². The summed E-state index contributed by atoms with van der Waals surface area (Å²) in [5, 5.41) is 9.53. The molecule has 96 valence electrons. The first-order valence-electron chi connectivity index (χ1n) is 6.44. The molecule has 3 N–H and O–H groups in total. The van der Waals surface area contributed by atoms with E-state index in [1.165, 1.54) is 6.42 Å². The Morgan fingerprint density at radius 3 is 2.19 bits per heavy atom. The quantitative estimate of drug-likeness (QED) is 0.774. The van der Waals surface area contributed by atoms with Crippen LogP contribution in [0.15, 0.2) is 0 Å². The van der Waals surface area contributed by atoms with Crippen LogP contribution >= 0.6 is 0 Å². The number of rotatable bonds is 4. The van der Waals surface area contributed by atoms with Crippen molar-refractivity contribution in [2.75, 3.05) is 6.54 Å². The Morgan fingerprint density at radius 1 is 1.31 bits per heavy atom. The summed E-state index contributed by atoms with van der Waals surface area (Å²) in [6, 6.07) is 0. The van der Waals surface area contributed by atoms with Gasteiger partial charge >= 0.3 is 0 Å². The maximum absolute atomic E-state index is 9.53. The first-order chi connectivity index (χ1) is 7.38. The molecular formula is C13H27NO2. The lowest BCUT2D eigenvalue weighted by atomic mass is 9.73. The highest BCUT2D eigenvalue weighted by Gasteiger charge is 2.39. The van der Waals surface area contributed by atoms with Gasteiger partial charge in [0.1, 0.15) is 0 Å². The first kappa shape index (κ1) is 13.9. The van der Waals surface area contributed by atoms with Gasteiger partial charge in [-0.25, -0.2) is 0 Å². The van der Waals surface area contributed by atoms with Crippen LogP contribution in [0.5, 0.6) is 0 Å². The fourth-order valence-electron chi connectivity index (χ4n) is 3.01.